The monoisotopic (exact) mass is 566 g/mol. The van der Waals surface area contributed by atoms with Crippen molar-refractivity contribution in [2.24, 2.45) is 13.0 Å². The maximum atomic E-state index is 13.4. The van der Waals surface area contributed by atoms with Gasteiger partial charge in [0.25, 0.3) is 5.56 Å². The van der Waals surface area contributed by atoms with Gasteiger partial charge in [-0.05, 0) is 37.3 Å². The number of aryl methyl sites for hydroxylation is 1. The lowest BCUT2D eigenvalue weighted by atomic mass is 9.93. The largest absolute Gasteiger partial charge is 0.354 e. The van der Waals surface area contributed by atoms with Crippen LogP contribution in [0.3, 0.4) is 0 Å². The molecule has 12 nitrogen and oxygen atoms in total. The van der Waals surface area contributed by atoms with E-state index in [1.165, 1.54) is 17.7 Å². The van der Waals surface area contributed by atoms with Crippen molar-refractivity contribution in [3.8, 4) is 17.2 Å². The molecule has 2 aromatic heterocycles. The van der Waals surface area contributed by atoms with Crippen LogP contribution in [0.4, 0.5) is 11.6 Å². The SMILES string of the molecule is CCN(C)S(=O)(=O)Nc1cccc(-c2cc3cnc(NCCC4CCN(C(C)=O)CC4)nc3n(C)c2=O)c1C#N. The smallest absolute Gasteiger partial charge is 0.301 e. The van der Waals surface area contributed by atoms with Crippen molar-refractivity contribution in [2.45, 2.75) is 33.1 Å². The molecule has 0 atom stereocenters. The normalized spacial score (nSPS) is 14.3. The van der Waals surface area contributed by atoms with Crippen LogP contribution in [0.1, 0.15) is 38.7 Å². The van der Waals surface area contributed by atoms with Crippen molar-refractivity contribution in [3.63, 3.8) is 0 Å². The first-order valence-electron chi connectivity index (χ1n) is 13.2. The number of carbonyl (C=O) groups is 1. The van der Waals surface area contributed by atoms with Crippen LogP contribution in [0.15, 0.2) is 35.3 Å². The lowest BCUT2D eigenvalue weighted by molar-refractivity contribution is -0.130. The zero-order valence-electron chi connectivity index (χ0n) is 23.1. The molecule has 0 bridgehead atoms. The number of aromatic nitrogens is 3. The van der Waals surface area contributed by atoms with E-state index >= 15 is 0 Å². The Hall–Kier alpha value is -4.02. The van der Waals surface area contributed by atoms with Gasteiger partial charge in [-0.1, -0.05) is 19.1 Å². The summed E-state index contributed by atoms with van der Waals surface area (Å²) >= 11 is 0. The fraction of sp³-hybridized carbons (Fsp3) is 0.444. The average Bonchev–Trinajstić information content (AvgIpc) is 2.94. The van der Waals surface area contributed by atoms with Gasteiger partial charge in [-0.25, -0.2) is 4.98 Å². The Labute approximate surface area is 233 Å². The molecule has 1 saturated heterocycles. The standard InChI is InChI=1S/C27H34N8O4S/c1-5-33(3)40(38,39)32-24-8-6-7-21(23(24)16-28)22-15-20-17-30-27(31-25(20)34(4)26(22)37)29-12-9-19-10-13-35(14-11-19)18(2)36/h6-8,15,17,19,32H,5,9-14H2,1-4H3,(H,29,30,31). The summed E-state index contributed by atoms with van der Waals surface area (Å²) < 4.78 is 30.1. The van der Waals surface area contributed by atoms with Gasteiger partial charge in [-0.15, -0.1) is 0 Å². The molecule has 212 valence electrons. The van der Waals surface area contributed by atoms with Crippen molar-refractivity contribution < 1.29 is 13.2 Å². The molecule has 0 spiro atoms. The lowest BCUT2D eigenvalue weighted by Crippen LogP contribution is -2.37. The highest BCUT2D eigenvalue weighted by Gasteiger charge is 2.22. The molecule has 3 heterocycles. The fourth-order valence-corrected chi connectivity index (χ4v) is 5.76. The molecule has 3 aromatic rings. The first-order valence-corrected chi connectivity index (χ1v) is 14.6. The maximum absolute atomic E-state index is 13.4. The van der Waals surface area contributed by atoms with Crippen molar-refractivity contribution in [2.75, 3.05) is 43.3 Å². The molecule has 0 aliphatic carbocycles. The number of nitrogens with one attached hydrogen (secondary N) is 2. The molecule has 1 aliphatic heterocycles. The quantitative estimate of drug-likeness (QED) is 0.401. The van der Waals surface area contributed by atoms with E-state index in [2.05, 4.69) is 20.0 Å². The van der Waals surface area contributed by atoms with E-state index < -0.39 is 10.2 Å². The topological polar surface area (TPSA) is 153 Å². The van der Waals surface area contributed by atoms with E-state index in [-0.39, 0.29) is 34.8 Å². The zero-order valence-corrected chi connectivity index (χ0v) is 24.0. The van der Waals surface area contributed by atoms with Gasteiger partial charge in [0.1, 0.15) is 11.7 Å². The van der Waals surface area contributed by atoms with Crippen LogP contribution >= 0.6 is 0 Å². The van der Waals surface area contributed by atoms with Crippen molar-refractivity contribution in [1.29, 1.82) is 5.26 Å². The Balaban J connectivity index is 1.56. The number of fused-ring (bicyclic) bond motifs is 1. The molecule has 0 saturated carbocycles. The van der Waals surface area contributed by atoms with E-state index in [1.807, 2.05) is 11.0 Å². The van der Waals surface area contributed by atoms with E-state index in [9.17, 15) is 23.3 Å². The number of anilines is 2. The van der Waals surface area contributed by atoms with Crippen LogP contribution in [0, 0.1) is 17.2 Å². The Morgan fingerprint density at radius 2 is 1.98 bits per heavy atom. The minimum absolute atomic E-state index is 0.0420. The summed E-state index contributed by atoms with van der Waals surface area (Å²) in [5, 5.41) is 13.8. The summed E-state index contributed by atoms with van der Waals surface area (Å²) in [5.74, 6) is 1.05. The number of nitrogens with zero attached hydrogens (tertiary/aromatic N) is 6. The van der Waals surface area contributed by atoms with Gasteiger partial charge in [0.2, 0.25) is 11.9 Å². The van der Waals surface area contributed by atoms with Gasteiger partial charge in [0, 0.05) is 69.9 Å². The molecule has 40 heavy (non-hydrogen) atoms. The number of hydrogen-bond acceptors (Lipinski definition) is 8. The van der Waals surface area contributed by atoms with Gasteiger partial charge in [-0.2, -0.15) is 23.0 Å². The lowest BCUT2D eigenvalue weighted by Gasteiger charge is -2.31. The average molecular weight is 567 g/mol. The second kappa shape index (κ2) is 12.0. The van der Waals surface area contributed by atoms with E-state index in [0.717, 1.165) is 36.7 Å². The van der Waals surface area contributed by atoms with Crippen molar-refractivity contribution >= 4 is 38.8 Å². The second-order valence-electron chi connectivity index (χ2n) is 9.92. The number of likely N-dealkylation sites (tertiary alicyclic amines) is 1. The number of piperidine rings is 1. The van der Waals surface area contributed by atoms with E-state index in [1.54, 1.807) is 45.3 Å². The predicted octanol–water partition coefficient (Wildman–Crippen LogP) is 2.54. The molecular formula is C27H34N8O4S. The van der Waals surface area contributed by atoms with Crippen molar-refractivity contribution in [3.05, 3.63) is 46.4 Å². The predicted molar refractivity (Wildman–Crippen MR) is 154 cm³/mol. The van der Waals surface area contributed by atoms with Gasteiger partial charge >= 0.3 is 10.2 Å². The Kier molecular flexibility index (Phi) is 8.70. The highest BCUT2D eigenvalue weighted by atomic mass is 32.2. The Bertz CT molecular complexity index is 1620. The van der Waals surface area contributed by atoms with Gasteiger partial charge in [0.05, 0.1) is 11.3 Å². The number of nitriles is 1. The van der Waals surface area contributed by atoms with Crippen LogP contribution in [0.2, 0.25) is 0 Å². The van der Waals surface area contributed by atoms with Crippen LogP contribution < -0.4 is 15.6 Å². The molecule has 1 aromatic carbocycles. The van der Waals surface area contributed by atoms with Crippen molar-refractivity contribution in [1.82, 2.24) is 23.7 Å². The summed E-state index contributed by atoms with van der Waals surface area (Å²) in [5.41, 5.74) is 0.725. The van der Waals surface area contributed by atoms with Crippen LogP contribution in [-0.4, -0.2) is 71.3 Å². The first-order chi connectivity index (χ1) is 19.1. The van der Waals surface area contributed by atoms with Gasteiger partial charge in [-0.3, -0.25) is 18.9 Å². The fourth-order valence-electron chi connectivity index (χ4n) is 4.82. The minimum atomic E-state index is -3.87. The summed E-state index contributed by atoms with van der Waals surface area (Å²) in [6.45, 7) is 5.79. The van der Waals surface area contributed by atoms with Crippen LogP contribution in [0.25, 0.3) is 22.2 Å². The summed E-state index contributed by atoms with van der Waals surface area (Å²) in [6, 6.07) is 8.37. The molecule has 0 unspecified atom stereocenters. The van der Waals surface area contributed by atoms with E-state index in [0.29, 0.717) is 35.0 Å². The zero-order chi connectivity index (χ0) is 29.0. The van der Waals surface area contributed by atoms with Crippen LogP contribution in [-0.2, 0) is 22.1 Å². The summed E-state index contributed by atoms with van der Waals surface area (Å²) in [4.78, 5) is 35.8. The number of hydrogen-bond donors (Lipinski definition) is 2. The summed E-state index contributed by atoms with van der Waals surface area (Å²) in [6.07, 6.45) is 4.49. The number of rotatable bonds is 9. The Morgan fingerprint density at radius 3 is 2.62 bits per heavy atom. The molecule has 1 fully saturated rings. The number of benzene rings is 1. The second-order valence-corrected chi connectivity index (χ2v) is 11.7. The van der Waals surface area contributed by atoms with Crippen LogP contribution in [0.5, 0.6) is 0 Å². The minimum Gasteiger partial charge on any atom is -0.354 e. The molecule has 2 N–H and O–H groups in total. The van der Waals surface area contributed by atoms with E-state index in [4.69, 9.17) is 0 Å². The number of pyridine rings is 1. The number of amides is 1. The van der Waals surface area contributed by atoms with Gasteiger partial charge < -0.3 is 10.2 Å². The highest BCUT2D eigenvalue weighted by Crippen LogP contribution is 2.29. The molecule has 0 radical (unpaired) electrons. The molecule has 4 rings (SSSR count). The Morgan fingerprint density at radius 1 is 1.25 bits per heavy atom. The maximum Gasteiger partial charge on any atom is 0.301 e. The third-order valence-electron chi connectivity index (χ3n) is 7.41. The van der Waals surface area contributed by atoms with Gasteiger partial charge in [0.15, 0.2) is 0 Å². The number of carbonyl (C=O) groups excluding carboxylic acids is 1. The summed E-state index contributed by atoms with van der Waals surface area (Å²) in [7, 11) is -0.838. The molecule has 1 amide bonds. The molecular weight excluding hydrogens is 532 g/mol. The highest BCUT2D eigenvalue weighted by molar-refractivity contribution is 7.90. The molecule has 1 aliphatic rings. The third kappa shape index (κ3) is 6.08. The first kappa shape index (κ1) is 29.0. The third-order valence-corrected chi connectivity index (χ3v) is 8.96. The molecule has 13 heteroatoms.